The van der Waals surface area contributed by atoms with Gasteiger partial charge in [-0.25, -0.2) is 4.39 Å². The fourth-order valence-corrected chi connectivity index (χ4v) is 2.53. The van der Waals surface area contributed by atoms with Crippen molar-refractivity contribution in [3.8, 4) is 0 Å². The van der Waals surface area contributed by atoms with Crippen LogP contribution in [0.15, 0.2) is 30.6 Å². The Labute approximate surface area is 117 Å². The van der Waals surface area contributed by atoms with Gasteiger partial charge in [-0.2, -0.15) is 9.61 Å². The molecule has 8 heteroatoms. The lowest BCUT2D eigenvalue weighted by atomic mass is 10.2. The van der Waals surface area contributed by atoms with Crippen molar-refractivity contribution in [2.45, 2.75) is 6.42 Å². The van der Waals surface area contributed by atoms with E-state index in [9.17, 15) is 9.18 Å². The largest absolute Gasteiger partial charge is 0.352 e. The molecule has 102 valence electrons. The van der Waals surface area contributed by atoms with Crippen LogP contribution in [0.1, 0.15) is 15.4 Å². The second-order valence-corrected chi connectivity index (χ2v) is 5.11. The molecule has 0 fully saturated rings. The first-order chi connectivity index (χ1) is 9.72. The second kappa shape index (κ2) is 5.33. The molecule has 6 nitrogen and oxygen atoms in total. The van der Waals surface area contributed by atoms with E-state index in [1.54, 1.807) is 10.6 Å². The fourth-order valence-electron chi connectivity index (χ4n) is 1.72. The number of amides is 1. The smallest absolute Gasteiger partial charge is 0.251 e. The molecule has 3 rings (SSSR count). The number of halogens is 1. The minimum absolute atomic E-state index is 0.299. The van der Waals surface area contributed by atoms with E-state index in [0.717, 1.165) is 9.97 Å². The molecule has 1 N–H and O–H groups in total. The molecule has 0 unspecified atom stereocenters. The van der Waals surface area contributed by atoms with Gasteiger partial charge in [-0.15, -0.1) is 10.2 Å². The highest BCUT2D eigenvalue weighted by Crippen LogP contribution is 2.11. The Balaban J connectivity index is 1.57. The van der Waals surface area contributed by atoms with Crippen molar-refractivity contribution in [3.05, 3.63) is 47.0 Å². The minimum Gasteiger partial charge on any atom is -0.352 e. The Kier molecular flexibility index (Phi) is 3.38. The molecule has 0 saturated carbocycles. The van der Waals surface area contributed by atoms with Crippen LogP contribution in [0.25, 0.3) is 4.96 Å². The summed E-state index contributed by atoms with van der Waals surface area (Å²) in [6, 6.07) is 5.59. The predicted octanol–water partition coefficient (Wildman–Crippen LogP) is 1.30. The van der Waals surface area contributed by atoms with Crippen LogP contribution in [0.3, 0.4) is 0 Å². The zero-order valence-electron chi connectivity index (χ0n) is 10.3. The van der Waals surface area contributed by atoms with E-state index in [1.807, 2.05) is 0 Å². The molecule has 2 aromatic heterocycles. The van der Waals surface area contributed by atoms with E-state index in [-0.39, 0.29) is 5.91 Å². The van der Waals surface area contributed by atoms with Crippen LogP contribution in [0.5, 0.6) is 0 Å². The lowest BCUT2D eigenvalue weighted by Crippen LogP contribution is -2.25. The topological polar surface area (TPSA) is 72.2 Å². The van der Waals surface area contributed by atoms with Gasteiger partial charge < -0.3 is 5.32 Å². The Morgan fingerprint density at radius 3 is 3.15 bits per heavy atom. The number of hydrogen-bond acceptors (Lipinski definition) is 5. The summed E-state index contributed by atoms with van der Waals surface area (Å²) in [5, 5.41) is 15.4. The van der Waals surface area contributed by atoms with Gasteiger partial charge in [0.15, 0.2) is 0 Å². The predicted molar refractivity (Wildman–Crippen MR) is 71.1 cm³/mol. The number of carbonyl (C=O) groups is 1. The molecule has 0 saturated heterocycles. The van der Waals surface area contributed by atoms with Gasteiger partial charge in [-0.1, -0.05) is 17.4 Å². The number of fused-ring (bicyclic) bond motifs is 1. The summed E-state index contributed by atoms with van der Waals surface area (Å²) < 4.78 is 14.6. The quantitative estimate of drug-likeness (QED) is 0.786. The summed E-state index contributed by atoms with van der Waals surface area (Å²) in [6.45, 7) is 0.430. The molecule has 0 radical (unpaired) electrons. The van der Waals surface area contributed by atoms with Gasteiger partial charge >= 0.3 is 0 Å². The summed E-state index contributed by atoms with van der Waals surface area (Å²) in [6.07, 6.45) is 2.12. The normalized spacial score (nSPS) is 10.8. The van der Waals surface area contributed by atoms with Crippen molar-refractivity contribution in [2.75, 3.05) is 6.54 Å². The van der Waals surface area contributed by atoms with Crippen LogP contribution in [0.4, 0.5) is 4.39 Å². The maximum absolute atomic E-state index is 13.0. The van der Waals surface area contributed by atoms with Crippen LogP contribution in [-0.2, 0) is 6.42 Å². The molecule has 1 aromatic carbocycles. The SMILES string of the molecule is O=C(NCCc1nn2cnnc2s1)c1cccc(F)c1. The van der Waals surface area contributed by atoms with Crippen LogP contribution in [-0.4, -0.2) is 32.3 Å². The number of nitrogens with zero attached hydrogens (tertiary/aromatic N) is 4. The number of benzene rings is 1. The molecule has 3 aromatic rings. The molecule has 0 aliphatic carbocycles. The van der Waals surface area contributed by atoms with Crippen molar-refractivity contribution in [2.24, 2.45) is 0 Å². The molecule has 0 aliphatic rings. The monoisotopic (exact) mass is 291 g/mol. The van der Waals surface area contributed by atoms with E-state index < -0.39 is 5.82 Å². The molecular formula is C12H10FN5OS. The number of aromatic nitrogens is 4. The fraction of sp³-hybridized carbons (Fsp3) is 0.167. The van der Waals surface area contributed by atoms with Gasteiger partial charge in [0.2, 0.25) is 4.96 Å². The van der Waals surface area contributed by atoms with Gasteiger partial charge in [0, 0.05) is 18.5 Å². The first-order valence-electron chi connectivity index (χ1n) is 5.92. The highest BCUT2D eigenvalue weighted by atomic mass is 32.1. The van der Waals surface area contributed by atoms with Crippen LogP contribution in [0.2, 0.25) is 0 Å². The van der Waals surface area contributed by atoms with Crippen LogP contribution in [0, 0.1) is 5.82 Å². The molecule has 0 atom stereocenters. The van der Waals surface area contributed by atoms with E-state index in [2.05, 4.69) is 20.6 Å². The average molecular weight is 291 g/mol. The van der Waals surface area contributed by atoms with Gasteiger partial charge in [-0.05, 0) is 18.2 Å². The number of nitrogens with one attached hydrogen (secondary N) is 1. The van der Waals surface area contributed by atoms with Crippen molar-refractivity contribution in [3.63, 3.8) is 0 Å². The second-order valence-electron chi connectivity index (χ2n) is 4.07. The van der Waals surface area contributed by atoms with Crippen molar-refractivity contribution in [1.82, 2.24) is 25.1 Å². The molecular weight excluding hydrogens is 281 g/mol. The Hall–Kier alpha value is -2.35. The van der Waals surface area contributed by atoms with Gasteiger partial charge in [0.25, 0.3) is 5.91 Å². The number of rotatable bonds is 4. The number of hydrogen-bond donors (Lipinski definition) is 1. The minimum atomic E-state index is -0.425. The van der Waals surface area contributed by atoms with E-state index >= 15 is 0 Å². The lowest BCUT2D eigenvalue weighted by Gasteiger charge is -2.03. The summed E-state index contributed by atoms with van der Waals surface area (Å²) in [4.78, 5) is 12.5. The Morgan fingerprint density at radius 2 is 2.35 bits per heavy atom. The molecule has 2 heterocycles. The summed E-state index contributed by atoms with van der Waals surface area (Å²) in [7, 11) is 0. The third-order valence-electron chi connectivity index (χ3n) is 2.64. The summed E-state index contributed by atoms with van der Waals surface area (Å²) >= 11 is 1.42. The van der Waals surface area contributed by atoms with Gasteiger partial charge in [0.1, 0.15) is 17.2 Å². The lowest BCUT2D eigenvalue weighted by molar-refractivity contribution is 0.0953. The van der Waals surface area contributed by atoms with E-state index in [0.29, 0.717) is 18.5 Å². The van der Waals surface area contributed by atoms with Crippen LogP contribution >= 0.6 is 11.3 Å². The standard InChI is InChI=1S/C12H10FN5OS/c13-9-3-1-2-8(6-9)11(19)14-5-4-10-17-18-7-15-16-12(18)20-10/h1-3,6-7H,4-5H2,(H,14,19). The Morgan fingerprint density at radius 1 is 1.45 bits per heavy atom. The molecule has 20 heavy (non-hydrogen) atoms. The molecule has 0 spiro atoms. The van der Waals surface area contributed by atoms with Gasteiger partial charge in [-0.3, -0.25) is 4.79 Å². The first-order valence-corrected chi connectivity index (χ1v) is 6.73. The number of carbonyl (C=O) groups excluding carboxylic acids is 1. The van der Waals surface area contributed by atoms with Crippen LogP contribution < -0.4 is 5.32 Å². The van der Waals surface area contributed by atoms with Crippen molar-refractivity contribution < 1.29 is 9.18 Å². The maximum Gasteiger partial charge on any atom is 0.251 e. The third kappa shape index (κ3) is 2.64. The van der Waals surface area contributed by atoms with Gasteiger partial charge in [0.05, 0.1) is 0 Å². The molecule has 1 amide bonds. The zero-order chi connectivity index (χ0) is 13.9. The first kappa shape index (κ1) is 12.7. The van der Waals surface area contributed by atoms with Crippen molar-refractivity contribution in [1.29, 1.82) is 0 Å². The van der Waals surface area contributed by atoms with Crippen molar-refractivity contribution >= 4 is 22.2 Å². The average Bonchev–Trinajstić information content (AvgIpc) is 2.99. The highest BCUT2D eigenvalue weighted by Gasteiger charge is 2.08. The summed E-state index contributed by atoms with van der Waals surface area (Å²) in [5.74, 6) is -0.723. The van der Waals surface area contributed by atoms with E-state index in [4.69, 9.17) is 0 Å². The highest BCUT2D eigenvalue weighted by molar-refractivity contribution is 7.16. The maximum atomic E-state index is 13.0. The zero-order valence-corrected chi connectivity index (χ0v) is 11.1. The Bertz CT molecular complexity index is 724. The third-order valence-corrected chi connectivity index (χ3v) is 3.61. The van der Waals surface area contributed by atoms with E-state index in [1.165, 1.54) is 35.9 Å². The molecule has 0 aliphatic heterocycles. The summed E-state index contributed by atoms with van der Waals surface area (Å²) in [5.41, 5.74) is 0.308. The molecule has 0 bridgehead atoms.